The first-order chi connectivity index (χ1) is 6.09. The van der Waals surface area contributed by atoms with E-state index in [1.165, 1.54) is 12.8 Å². The second kappa shape index (κ2) is 6.93. The zero-order valence-electron chi connectivity index (χ0n) is 9.01. The Balaban J connectivity index is 3.64. The molecule has 0 fully saturated rings. The van der Waals surface area contributed by atoms with Gasteiger partial charge in [-0.3, -0.25) is 0 Å². The van der Waals surface area contributed by atoms with Crippen LogP contribution >= 0.6 is 0 Å². The zero-order valence-corrected chi connectivity index (χ0v) is 9.01. The van der Waals surface area contributed by atoms with E-state index in [9.17, 15) is 9.90 Å². The summed E-state index contributed by atoms with van der Waals surface area (Å²) in [5.74, 6) is -0.935. The number of hydrogen-bond acceptors (Lipinski definition) is 2. The van der Waals surface area contributed by atoms with E-state index in [0.29, 0.717) is 0 Å². The van der Waals surface area contributed by atoms with Gasteiger partial charge in [-0.25, -0.2) is 0 Å². The first-order valence-corrected chi connectivity index (χ1v) is 5.30. The number of rotatable bonds is 7. The van der Waals surface area contributed by atoms with Crippen molar-refractivity contribution in [3.05, 3.63) is 0 Å². The normalized spacial score (nSPS) is 13.2. The van der Waals surface area contributed by atoms with E-state index in [4.69, 9.17) is 0 Å². The topological polar surface area (TPSA) is 40.1 Å². The van der Waals surface area contributed by atoms with Crippen LogP contribution in [0.4, 0.5) is 0 Å². The summed E-state index contributed by atoms with van der Waals surface area (Å²) >= 11 is 0. The minimum atomic E-state index is -0.883. The monoisotopic (exact) mass is 185 g/mol. The van der Waals surface area contributed by atoms with Crippen molar-refractivity contribution in [3.8, 4) is 0 Å². The molecule has 0 N–H and O–H groups in total. The van der Waals surface area contributed by atoms with Crippen LogP contribution < -0.4 is 5.11 Å². The number of carbonyl (C=O) groups excluding carboxylic acids is 1. The van der Waals surface area contributed by atoms with Crippen LogP contribution in [0.5, 0.6) is 0 Å². The number of carboxylic acids is 1. The largest absolute Gasteiger partial charge is 0.550 e. The van der Waals surface area contributed by atoms with E-state index in [2.05, 4.69) is 6.92 Å². The highest BCUT2D eigenvalue weighted by atomic mass is 16.4. The molecular weight excluding hydrogens is 164 g/mol. The smallest absolute Gasteiger partial charge is 0.0447 e. The van der Waals surface area contributed by atoms with Gasteiger partial charge in [0.05, 0.1) is 0 Å². The first-order valence-electron chi connectivity index (χ1n) is 5.30. The molecule has 13 heavy (non-hydrogen) atoms. The number of carbonyl (C=O) groups is 1. The van der Waals surface area contributed by atoms with Gasteiger partial charge in [-0.15, -0.1) is 0 Å². The first kappa shape index (κ1) is 12.5. The fourth-order valence-corrected chi connectivity index (χ4v) is 1.51. The molecule has 0 saturated heterocycles. The molecule has 0 spiro atoms. The van der Waals surface area contributed by atoms with Crippen molar-refractivity contribution in [2.45, 2.75) is 52.9 Å². The molecule has 1 atom stereocenters. The van der Waals surface area contributed by atoms with Gasteiger partial charge in [-0.05, 0) is 12.3 Å². The van der Waals surface area contributed by atoms with Gasteiger partial charge in [0.1, 0.15) is 0 Å². The third-order valence-corrected chi connectivity index (χ3v) is 2.48. The van der Waals surface area contributed by atoms with Crippen LogP contribution in [0.3, 0.4) is 0 Å². The Labute approximate surface area is 81.3 Å². The lowest BCUT2D eigenvalue weighted by atomic mass is 9.90. The third kappa shape index (κ3) is 5.67. The molecule has 0 bridgehead atoms. The number of aliphatic carboxylic acids is 1. The van der Waals surface area contributed by atoms with Crippen LogP contribution in [0.25, 0.3) is 0 Å². The molecule has 0 aliphatic heterocycles. The Morgan fingerprint density at radius 2 is 1.85 bits per heavy atom. The molecule has 0 amide bonds. The van der Waals surface area contributed by atoms with Gasteiger partial charge in [-0.1, -0.05) is 46.5 Å². The summed E-state index contributed by atoms with van der Waals surface area (Å²) < 4.78 is 0. The van der Waals surface area contributed by atoms with E-state index in [-0.39, 0.29) is 11.8 Å². The van der Waals surface area contributed by atoms with Crippen molar-refractivity contribution in [2.75, 3.05) is 0 Å². The van der Waals surface area contributed by atoms with E-state index in [1.807, 2.05) is 13.8 Å². The summed E-state index contributed by atoms with van der Waals surface area (Å²) in [7, 11) is 0. The van der Waals surface area contributed by atoms with Crippen molar-refractivity contribution in [1.29, 1.82) is 0 Å². The Morgan fingerprint density at radius 3 is 2.23 bits per heavy atom. The molecule has 0 radical (unpaired) electrons. The minimum Gasteiger partial charge on any atom is -0.550 e. The lowest BCUT2D eigenvalue weighted by Gasteiger charge is -2.21. The molecule has 0 aliphatic carbocycles. The number of unbranched alkanes of at least 4 members (excludes halogenated alkanes) is 3. The molecule has 0 aromatic rings. The van der Waals surface area contributed by atoms with Crippen molar-refractivity contribution in [3.63, 3.8) is 0 Å². The van der Waals surface area contributed by atoms with Crippen LogP contribution in [-0.4, -0.2) is 5.97 Å². The van der Waals surface area contributed by atoms with Crippen LogP contribution in [-0.2, 0) is 4.79 Å². The minimum absolute atomic E-state index is 0.201. The van der Waals surface area contributed by atoms with Crippen LogP contribution in [0.1, 0.15) is 52.9 Å². The molecule has 2 nitrogen and oxygen atoms in total. The highest BCUT2D eigenvalue weighted by Crippen LogP contribution is 2.18. The van der Waals surface area contributed by atoms with Gasteiger partial charge >= 0.3 is 0 Å². The highest BCUT2D eigenvalue weighted by molar-refractivity contribution is 5.67. The summed E-state index contributed by atoms with van der Waals surface area (Å²) in [6.07, 6.45) is 5.34. The van der Waals surface area contributed by atoms with Crippen LogP contribution in [0, 0.1) is 11.8 Å². The van der Waals surface area contributed by atoms with E-state index in [0.717, 1.165) is 19.3 Å². The quantitative estimate of drug-likeness (QED) is 0.569. The third-order valence-electron chi connectivity index (χ3n) is 2.48. The SMILES string of the molecule is CCCCCCC(C(=O)[O-])C(C)C. The maximum Gasteiger partial charge on any atom is 0.0447 e. The van der Waals surface area contributed by atoms with Gasteiger partial charge < -0.3 is 9.90 Å². The fraction of sp³-hybridized carbons (Fsp3) is 0.909. The molecule has 2 heteroatoms. The Hall–Kier alpha value is -0.530. The summed E-state index contributed by atoms with van der Waals surface area (Å²) in [6, 6.07) is 0. The fourth-order valence-electron chi connectivity index (χ4n) is 1.51. The molecule has 0 rings (SSSR count). The average molecular weight is 185 g/mol. The molecular formula is C11H21O2-. The molecule has 78 valence electrons. The second-order valence-corrected chi connectivity index (χ2v) is 4.02. The van der Waals surface area contributed by atoms with Crippen molar-refractivity contribution >= 4 is 5.97 Å². The highest BCUT2D eigenvalue weighted by Gasteiger charge is 2.13. The molecule has 0 aromatic carbocycles. The van der Waals surface area contributed by atoms with Gasteiger partial charge in [0.25, 0.3) is 0 Å². The Kier molecular flexibility index (Phi) is 6.65. The van der Waals surface area contributed by atoms with Gasteiger partial charge in [0.15, 0.2) is 0 Å². The van der Waals surface area contributed by atoms with Crippen molar-refractivity contribution in [2.24, 2.45) is 11.8 Å². The molecule has 0 heterocycles. The van der Waals surface area contributed by atoms with Crippen LogP contribution in [0.15, 0.2) is 0 Å². The van der Waals surface area contributed by atoms with E-state index < -0.39 is 5.97 Å². The molecule has 0 aliphatic rings. The number of hydrogen-bond donors (Lipinski definition) is 0. The van der Waals surface area contributed by atoms with Crippen LogP contribution in [0.2, 0.25) is 0 Å². The lowest BCUT2D eigenvalue weighted by Crippen LogP contribution is -2.34. The summed E-state index contributed by atoms with van der Waals surface area (Å²) in [5.41, 5.74) is 0. The summed E-state index contributed by atoms with van der Waals surface area (Å²) in [5, 5.41) is 10.7. The van der Waals surface area contributed by atoms with Crippen molar-refractivity contribution in [1.82, 2.24) is 0 Å². The zero-order chi connectivity index (χ0) is 10.3. The standard InChI is InChI=1S/C11H22O2/c1-4-5-6-7-8-10(9(2)3)11(12)13/h9-10H,4-8H2,1-3H3,(H,12,13)/p-1. The average Bonchev–Trinajstić information content (AvgIpc) is 2.02. The Morgan fingerprint density at radius 1 is 1.23 bits per heavy atom. The maximum absolute atomic E-state index is 10.7. The van der Waals surface area contributed by atoms with Gasteiger partial charge in [-0.2, -0.15) is 0 Å². The lowest BCUT2D eigenvalue weighted by molar-refractivity contribution is -0.313. The van der Waals surface area contributed by atoms with Gasteiger partial charge in [0.2, 0.25) is 0 Å². The van der Waals surface area contributed by atoms with E-state index >= 15 is 0 Å². The summed E-state index contributed by atoms with van der Waals surface area (Å²) in [4.78, 5) is 10.7. The molecule has 0 saturated carbocycles. The second-order valence-electron chi connectivity index (χ2n) is 4.02. The van der Waals surface area contributed by atoms with Gasteiger partial charge in [0, 0.05) is 11.9 Å². The van der Waals surface area contributed by atoms with E-state index in [1.54, 1.807) is 0 Å². The maximum atomic E-state index is 10.7. The number of carboxylic acid groups (broad SMARTS) is 1. The predicted molar refractivity (Wildman–Crippen MR) is 52.1 cm³/mol. The molecule has 1 unspecified atom stereocenters. The van der Waals surface area contributed by atoms with Crippen molar-refractivity contribution < 1.29 is 9.90 Å². The predicted octanol–water partition coefficient (Wildman–Crippen LogP) is 1.98. The Bertz CT molecular complexity index is 141. The summed E-state index contributed by atoms with van der Waals surface area (Å²) in [6.45, 7) is 6.04. The molecule has 0 aromatic heterocycles.